The lowest BCUT2D eigenvalue weighted by atomic mass is 9.91. The number of anilines is 1. The molecule has 11 heteroatoms. The van der Waals surface area contributed by atoms with E-state index >= 15 is 0 Å². The number of aryl methyl sites for hydroxylation is 1. The third-order valence-electron chi connectivity index (χ3n) is 4.53. The van der Waals surface area contributed by atoms with E-state index in [1.165, 1.54) is 30.3 Å². The Kier molecular flexibility index (Phi) is 5.44. The third-order valence-corrected chi connectivity index (χ3v) is 5.95. The van der Waals surface area contributed by atoms with E-state index in [0.29, 0.717) is 4.34 Å². The van der Waals surface area contributed by atoms with Crippen molar-refractivity contribution in [1.29, 1.82) is 0 Å². The molecule has 0 spiro atoms. The number of hydrogen-bond acceptors (Lipinski definition) is 8. The number of aromatic nitrogens is 2. The minimum atomic E-state index is -0.959. The average molecular weight is 427 g/mol. The first-order valence-corrected chi connectivity index (χ1v) is 9.53. The molecule has 3 rings (SSSR count). The zero-order chi connectivity index (χ0) is 20.6. The highest BCUT2D eigenvalue weighted by Gasteiger charge is 2.42. The van der Waals surface area contributed by atoms with Gasteiger partial charge in [0.2, 0.25) is 17.7 Å². The molecule has 0 saturated carbocycles. The highest BCUT2D eigenvalue weighted by atomic mass is 35.5. The van der Waals surface area contributed by atoms with Crippen molar-refractivity contribution >= 4 is 40.8 Å². The van der Waals surface area contributed by atoms with Gasteiger partial charge < -0.3 is 15.4 Å². The monoisotopic (exact) mass is 426 g/mol. The van der Waals surface area contributed by atoms with Crippen LogP contribution in [0, 0.1) is 12.7 Å². The smallest absolute Gasteiger partial charge is 0.255 e. The van der Waals surface area contributed by atoms with E-state index in [-0.39, 0.29) is 42.4 Å². The fraction of sp³-hybridized carbons (Fsp3) is 0.412. The van der Waals surface area contributed by atoms with E-state index in [0.717, 1.165) is 4.88 Å². The molecule has 1 aliphatic rings. The lowest BCUT2D eigenvalue weighted by molar-refractivity contribution is -0.128. The summed E-state index contributed by atoms with van der Waals surface area (Å²) >= 11 is 7.45. The topological polar surface area (TPSA) is 96.9 Å². The van der Waals surface area contributed by atoms with Gasteiger partial charge in [0, 0.05) is 19.0 Å². The molecule has 1 atom stereocenters. The number of hydrogen-bond donors (Lipinski definition) is 1. The summed E-state index contributed by atoms with van der Waals surface area (Å²) in [4.78, 5) is 29.3. The molecule has 0 aliphatic carbocycles. The number of thiophene rings is 1. The largest absolute Gasteiger partial charge is 0.479 e. The second kappa shape index (κ2) is 7.51. The second-order valence-electron chi connectivity index (χ2n) is 6.52. The van der Waals surface area contributed by atoms with Crippen LogP contribution in [0.3, 0.4) is 0 Å². The van der Waals surface area contributed by atoms with Crippen molar-refractivity contribution in [3.63, 3.8) is 0 Å². The third kappa shape index (κ3) is 3.61. The molecule has 2 N–H and O–H groups in total. The van der Waals surface area contributed by atoms with Crippen molar-refractivity contribution < 1.29 is 13.9 Å². The molecular weight excluding hydrogens is 407 g/mol. The highest BCUT2D eigenvalue weighted by molar-refractivity contribution is 7.16. The van der Waals surface area contributed by atoms with Gasteiger partial charge in [-0.25, -0.2) is 9.98 Å². The molecule has 8 nitrogen and oxygen atoms in total. The first-order valence-electron chi connectivity index (χ1n) is 8.34. The molecule has 150 valence electrons. The van der Waals surface area contributed by atoms with Gasteiger partial charge >= 0.3 is 0 Å². The Morgan fingerprint density at radius 2 is 2.18 bits per heavy atom. The Morgan fingerprint density at radius 1 is 1.46 bits per heavy atom. The van der Waals surface area contributed by atoms with E-state index in [9.17, 15) is 9.18 Å². The number of rotatable bonds is 5. The van der Waals surface area contributed by atoms with Gasteiger partial charge in [-0.05, 0) is 19.1 Å². The Labute approximate surface area is 170 Å². The lowest BCUT2D eigenvalue weighted by Gasteiger charge is -2.38. The maximum Gasteiger partial charge on any atom is 0.255 e. The van der Waals surface area contributed by atoms with Gasteiger partial charge in [0.1, 0.15) is 5.54 Å². The number of guanidine groups is 1. The van der Waals surface area contributed by atoms with E-state index in [4.69, 9.17) is 22.1 Å². The van der Waals surface area contributed by atoms with Crippen molar-refractivity contribution in [2.45, 2.75) is 18.9 Å². The molecule has 2 aromatic rings. The fourth-order valence-corrected chi connectivity index (χ4v) is 4.16. The number of aliphatic imine (C=N–C) groups is 1. The summed E-state index contributed by atoms with van der Waals surface area (Å²) < 4.78 is 19.6. The number of amides is 1. The Morgan fingerprint density at radius 3 is 2.75 bits per heavy atom. The number of carbonyl (C=O) groups is 1. The molecule has 1 aliphatic heterocycles. The van der Waals surface area contributed by atoms with Gasteiger partial charge in [0.05, 0.1) is 30.1 Å². The van der Waals surface area contributed by atoms with Crippen LogP contribution in [0.5, 0.6) is 5.88 Å². The molecule has 28 heavy (non-hydrogen) atoms. The summed E-state index contributed by atoms with van der Waals surface area (Å²) in [6, 6.07) is 3.58. The van der Waals surface area contributed by atoms with Crippen LogP contribution in [-0.4, -0.2) is 54.5 Å². The first kappa shape index (κ1) is 20.3. The number of halogens is 2. The highest BCUT2D eigenvalue weighted by Crippen LogP contribution is 2.40. The van der Waals surface area contributed by atoms with Gasteiger partial charge in [0.15, 0.2) is 5.96 Å². The van der Waals surface area contributed by atoms with E-state index in [1.807, 2.05) is 6.07 Å². The Bertz CT molecular complexity index is 952. The summed E-state index contributed by atoms with van der Waals surface area (Å²) in [5, 5.41) is 0. The quantitative estimate of drug-likeness (QED) is 0.786. The van der Waals surface area contributed by atoms with Crippen LogP contribution in [-0.2, 0) is 10.3 Å². The van der Waals surface area contributed by atoms with Gasteiger partial charge in [-0.3, -0.25) is 9.69 Å². The molecule has 3 heterocycles. The second-order valence-corrected chi connectivity index (χ2v) is 8.24. The van der Waals surface area contributed by atoms with Crippen molar-refractivity contribution in [1.82, 2.24) is 14.9 Å². The van der Waals surface area contributed by atoms with Crippen molar-refractivity contribution in [3.05, 3.63) is 32.9 Å². The van der Waals surface area contributed by atoms with Gasteiger partial charge in [-0.2, -0.15) is 9.37 Å². The Balaban J connectivity index is 2.04. The zero-order valence-corrected chi connectivity index (χ0v) is 17.4. The number of ether oxygens (including phenoxy) is 1. The predicted octanol–water partition coefficient (Wildman–Crippen LogP) is 2.16. The van der Waals surface area contributed by atoms with Crippen molar-refractivity contribution in [2.24, 2.45) is 10.7 Å². The first-order chi connectivity index (χ1) is 13.2. The maximum atomic E-state index is 14.0. The van der Waals surface area contributed by atoms with Crippen LogP contribution >= 0.6 is 22.9 Å². The standard InChI is InChI=1S/C17H20ClFN6O2S/c1-9-13(19)14(27-4)22-16(21-9)24(2)8-17(10-5-6-11(18)28-10)7-12(26)25(3)15(20)23-17/h5-6H,7-8H2,1-4H3,(H2,20,23)/t17-/m1/s1. The SMILES string of the molecule is COc1nc(N(C)C[C@@]2(c3ccc(Cl)s3)CC(=O)N(C)C(N)=N2)nc(C)c1F. The van der Waals surface area contributed by atoms with Crippen LogP contribution in [0.4, 0.5) is 10.3 Å². The molecule has 0 unspecified atom stereocenters. The summed E-state index contributed by atoms with van der Waals surface area (Å²) in [6.45, 7) is 1.76. The molecular formula is C17H20ClFN6O2S. The van der Waals surface area contributed by atoms with Gasteiger partial charge in [-0.1, -0.05) is 11.6 Å². The zero-order valence-electron chi connectivity index (χ0n) is 15.9. The molecule has 1 amide bonds. The van der Waals surface area contributed by atoms with Crippen molar-refractivity contribution in [3.8, 4) is 5.88 Å². The van der Waals surface area contributed by atoms with E-state index in [2.05, 4.69) is 15.0 Å². The molecule has 0 bridgehead atoms. The predicted molar refractivity (Wildman–Crippen MR) is 107 cm³/mol. The molecule has 0 saturated heterocycles. The number of nitrogens with two attached hydrogens (primary N) is 1. The summed E-state index contributed by atoms with van der Waals surface area (Å²) in [5.41, 5.74) is 5.20. The van der Waals surface area contributed by atoms with Crippen LogP contribution < -0.4 is 15.4 Å². The van der Waals surface area contributed by atoms with Crippen LogP contribution in [0.15, 0.2) is 17.1 Å². The van der Waals surface area contributed by atoms with E-state index in [1.54, 1.807) is 25.1 Å². The fourth-order valence-electron chi connectivity index (χ4n) is 2.99. The normalized spacial score (nSPS) is 19.6. The number of likely N-dealkylation sites (N-methyl/N-ethyl adjacent to an activating group) is 1. The molecule has 0 radical (unpaired) electrons. The molecule has 2 aromatic heterocycles. The lowest BCUT2D eigenvalue weighted by Crippen LogP contribution is -2.52. The van der Waals surface area contributed by atoms with Crippen LogP contribution in [0.2, 0.25) is 4.34 Å². The number of nitrogens with zero attached hydrogens (tertiary/aromatic N) is 5. The minimum absolute atomic E-state index is 0.0999. The minimum Gasteiger partial charge on any atom is -0.479 e. The van der Waals surface area contributed by atoms with Gasteiger partial charge in [-0.15, -0.1) is 11.3 Å². The average Bonchev–Trinajstić information content (AvgIpc) is 3.08. The number of methoxy groups -OCH3 is 1. The van der Waals surface area contributed by atoms with Gasteiger partial charge in [0.25, 0.3) is 5.88 Å². The summed E-state index contributed by atoms with van der Waals surface area (Å²) in [7, 11) is 4.65. The Hall–Kier alpha value is -2.46. The van der Waals surface area contributed by atoms with Crippen LogP contribution in [0.25, 0.3) is 0 Å². The summed E-state index contributed by atoms with van der Waals surface area (Å²) in [5.74, 6) is -0.568. The van der Waals surface area contributed by atoms with Crippen LogP contribution in [0.1, 0.15) is 17.0 Å². The summed E-state index contributed by atoms with van der Waals surface area (Å²) in [6.07, 6.45) is 0.0999. The number of carbonyl (C=O) groups excluding carboxylic acids is 1. The van der Waals surface area contributed by atoms with Crippen molar-refractivity contribution in [2.75, 3.05) is 32.6 Å². The maximum absolute atomic E-state index is 14.0. The molecule has 0 fully saturated rings. The molecule has 0 aromatic carbocycles. The van der Waals surface area contributed by atoms with E-state index < -0.39 is 11.4 Å².